The molecule has 0 saturated heterocycles. The molecule has 0 aliphatic carbocycles. The number of hydrogen-bond donors (Lipinski definition) is 0. The third kappa shape index (κ3) is 3.14. The van der Waals surface area contributed by atoms with Crippen LogP contribution in [0.15, 0.2) is 36.4 Å². The molecule has 2 aromatic carbocycles. The molecule has 0 heterocycles. The van der Waals surface area contributed by atoms with E-state index in [2.05, 4.69) is 6.07 Å². The molecule has 0 aliphatic rings. The van der Waals surface area contributed by atoms with Crippen molar-refractivity contribution in [3.8, 4) is 5.75 Å². The van der Waals surface area contributed by atoms with Gasteiger partial charge in [0.1, 0.15) is 11.5 Å². The van der Waals surface area contributed by atoms with Crippen LogP contribution in [0.25, 0.3) is 10.8 Å². The Kier molecular flexibility index (Phi) is 5.86. The molecular formula is C15H17NaO2. The molecule has 0 fully saturated rings. The van der Waals surface area contributed by atoms with Crippen LogP contribution in [0.4, 0.5) is 0 Å². The first-order valence-electron chi connectivity index (χ1n) is 5.82. The number of carbonyl (C=O) groups is 1. The van der Waals surface area contributed by atoms with Gasteiger partial charge in [-0.2, -0.15) is 0 Å². The van der Waals surface area contributed by atoms with E-state index >= 15 is 0 Å². The second-order valence-electron chi connectivity index (χ2n) is 4.04. The van der Waals surface area contributed by atoms with Crippen molar-refractivity contribution in [2.24, 2.45) is 0 Å². The van der Waals surface area contributed by atoms with Crippen molar-refractivity contribution in [3.05, 3.63) is 42.0 Å². The number of fused-ring (bicyclic) bond motifs is 1. The molecule has 0 radical (unpaired) electrons. The van der Waals surface area contributed by atoms with Crippen molar-refractivity contribution < 1.29 is 40.5 Å². The van der Waals surface area contributed by atoms with Gasteiger partial charge in [-0.1, -0.05) is 37.3 Å². The standard InChI is InChI=1S/C15H16O2.Na.H/c1-3-12(16)10-14-13-7-5-4-6-11(13)8-9-15(14)17-2;;/h4-9H,3,10H2,1-2H3;;/q;+1;-1. The number of hydrogen-bond acceptors (Lipinski definition) is 2. The fourth-order valence-corrected chi connectivity index (χ4v) is 2.01. The summed E-state index contributed by atoms with van der Waals surface area (Å²) in [5.41, 5.74) is 0.998. The molecule has 2 aromatic rings. The maximum atomic E-state index is 11.6. The molecule has 3 heteroatoms. The quantitative estimate of drug-likeness (QED) is 0.740. The first-order valence-corrected chi connectivity index (χ1v) is 5.82. The van der Waals surface area contributed by atoms with Crippen molar-refractivity contribution >= 4 is 16.6 Å². The number of ether oxygens (including phenoxy) is 1. The number of ketones is 1. The van der Waals surface area contributed by atoms with E-state index in [9.17, 15) is 4.79 Å². The smallest absolute Gasteiger partial charge is 1.00 e. The second-order valence-corrected chi connectivity index (χ2v) is 4.04. The summed E-state index contributed by atoms with van der Waals surface area (Å²) in [5, 5.41) is 2.25. The van der Waals surface area contributed by atoms with Gasteiger partial charge in [0.05, 0.1) is 7.11 Å². The molecule has 2 rings (SSSR count). The monoisotopic (exact) mass is 252 g/mol. The minimum atomic E-state index is 0. The van der Waals surface area contributed by atoms with E-state index in [1.165, 1.54) is 0 Å². The number of Topliss-reactive ketones (excluding diaryl/α,β-unsaturated/α-hetero) is 1. The van der Waals surface area contributed by atoms with Gasteiger partial charge in [0.25, 0.3) is 0 Å². The molecule has 0 atom stereocenters. The van der Waals surface area contributed by atoms with E-state index < -0.39 is 0 Å². The third-order valence-corrected chi connectivity index (χ3v) is 2.99. The van der Waals surface area contributed by atoms with Gasteiger partial charge in [0.15, 0.2) is 0 Å². The molecule has 0 aromatic heterocycles. The summed E-state index contributed by atoms with van der Waals surface area (Å²) in [6, 6.07) is 12.0. The summed E-state index contributed by atoms with van der Waals surface area (Å²) < 4.78 is 5.35. The van der Waals surface area contributed by atoms with Crippen molar-refractivity contribution in [1.29, 1.82) is 0 Å². The Hall–Kier alpha value is -0.830. The Morgan fingerprint density at radius 1 is 1.22 bits per heavy atom. The predicted molar refractivity (Wildman–Crippen MR) is 70.6 cm³/mol. The van der Waals surface area contributed by atoms with E-state index in [4.69, 9.17) is 4.74 Å². The molecular weight excluding hydrogens is 235 g/mol. The van der Waals surface area contributed by atoms with Crippen LogP contribution < -0.4 is 34.3 Å². The summed E-state index contributed by atoms with van der Waals surface area (Å²) in [6.45, 7) is 1.89. The molecule has 0 saturated carbocycles. The topological polar surface area (TPSA) is 26.3 Å². The molecule has 0 N–H and O–H groups in total. The molecule has 0 amide bonds. The van der Waals surface area contributed by atoms with E-state index in [1.54, 1.807) is 7.11 Å². The van der Waals surface area contributed by atoms with Crippen LogP contribution in [-0.4, -0.2) is 12.9 Å². The fourth-order valence-electron chi connectivity index (χ4n) is 2.01. The SMILES string of the molecule is CCC(=O)Cc1c(OC)ccc2ccccc12.[H-].[Na+]. The zero-order valence-electron chi connectivity index (χ0n) is 12.2. The molecule has 0 bridgehead atoms. The second kappa shape index (κ2) is 6.93. The average molecular weight is 252 g/mol. The minimum absolute atomic E-state index is 0. The van der Waals surface area contributed by atoms with Gasteiger partial charge in [0, 0.05) is 18.4 Å². The van der Waals surface area contributed by atoms with Gasteiger partial charge in [-0.25, -0.2) is 0 Å². The zero-order chi connectivity index (χ0) is 12.3. The van der Waals surface area contributed by atoms with E-state index in [0.717, 1.165) is 22.1 Å². The van der Waals surface area contributed by atoms with Crippen molar-refractivity contribution in [2.75, 3.05) is 7.11 Å². The minimum Gasteiger partial charge on any atom is -1.00 e. The van der Waals surface area contributed by atoms with Crippen LogP contribution in [0.3, 0.4) is 0 Å². The molecule has 18 heavy (non-hydrogen) atoms. The predicted octanol–water partition coefficient (Wildman–Crippen LogP) is 0.487. The van der Waals surface area contributed by atoms with Gasteiger partial charge in [-0.05, 0) is 16.8 Å². The number of methoxy groups -OCH3 is 1. The molecule has 0 unspecified atom stereocenters. The Bertz CT molecular complexity index is 555. The Balaban J connectivity index is 0.00000162. The summed E-state index contributed by atoms with van der Waals surface area (Å²) >= 11 is 0. The average Bonchev–Trinajstić information content (AvgIpc) is 2.39. The van der Waals surface area contributed by atoms with Crippen LogP contribution in [-0.2, 0) is 11.2 Å². The van der Waals surface area contributed by atoms with Gasteiger partial charge in [-0.15, -0.1) is 0 Å². The van der Waals surface area contributed by atoms with Crippen LogP contribution in [0.1, 0.15) is 20.3 Å². The Morgan fingerprint density at radius 2 is 1.94 bits per heavy atom. The number of benzene rings is 2. The molecule has 2 nitrogen and oxygen atoms in total. The Morgan fingerprint density at radius 3 is 2.61 bits per heavy atom. The third-order valence-electron chi connectivity index (χ3n) is 2.99. The van der Waals surface area contributed by atoms with Crippen LogP contribution >= 0.6 is 0 Å². The van der Waals surface area contributed by atoms with Gasteiger partial charge < -0.3 is 6.16 Å². The van der Waals surface area contributed by atoms with E-state index in [-0.39, 0.29) is 36.8 Å². The van der Waals surface area contributed by atoms with E-state index in [1.807, 2.05) is 37.3 Å². The summed E-state index contributed by atoms with van der Waals surface area (Å²) in [6.07, 6.45) is 1.01. The number of carbonyl (C=O) groups excluding carboxylic acids is 1. The van der Waals surface area contributed by atoms with Gasteiger partial charge in [-0.3, -0.25) is 4.79 Å². The van der Waals surface area contributed by atoms with E-state index in [0.29, 0.717) is 12.8 Å². The van der Waals surface area contributed by atoms with Crippen molar-refractivity contribution in [3.63, 3.8) is 0 Å². The molecule has 0 spiro atoms. The van der Waals surface area contributed by atoms with Crippen LogP contribution in [0.2, 0.25) is 0 Å². The van der Waals surface area contributed by atoms with Gasteiger partial charge in [0.2, 0.25) is 0 Å². The van der Waals surface area contributed by atoms with Crippen LogP contribution in [0.5, 0.6) is 5.75 Å². The fraction of sp³-hybridized carbons (Fsp3) is 0.267. The first kappa shape index (κ1) is 15.2. The normalized spacial score (nSPS) is 9.89. The summed E-state index contributed by atoms with van der Waals surface area (Å²) in [7, 11) is 1.64. The van der Waals surface area contributed by atoms with Gasteiger partial charge >= 0.3 is 29.6 Å². The van der Waals surface area contributed by atoms with Crippen molar-refractivity contribution in [1.82, 2.24) is 0 Å². The van der Waals surface area contributed by atoms with Crippen LogP contribution in [0, 0.1) is 0 Å². The Labute approximate surface area is 131 Å². The zero-order valence-corrected chi connectivity index (χ0v) is 13.2. The first-order chi connectivity index (χ1) is 8.26. The largest absolute Gasteiger partial charge is 1.00 e. The van der Waals surface area contributed by atoms with Crippen molar-refractivity contribution in [2.45, 2.75) is 19.8 Å². The maximum absolute atomic E-state index is 11.6. The summed E-state index contributed by atoms with van der Waals surface area (Å²) in [5.74, 6) is 1.03. The molecule has 90 valence electrons. The maximum Gasteiger partial charge on any atom is 1.00 e. The molecule has 0 aliphatic heterocycles. The summed E-state index contributed by atoms with van der Waals surface area (Å²) in [4.78, 5) is 11.6. The number of rotatable bonds is 4.